The molecule has 18 heavy (non-hydrogen) atoms. The van der Waals surface area contributed by atoms with Gasteiger partial charge in [-0.3, -0.25) is 9.59 Å². The number of carbonyl (C=O) groups excluding carboxylic acids is 1. The highest BCUT2D eigenvalue weighted by atomic mass is 127. The van der Waals surface area contributed by atoms with Crippen LogP contribution in [0.1, 0.15) is 57.8 Å². The lowest BCUT2D eigenvalue weighted by molar-refractivity contribution is -0.137. The van der Waals surface area contributed by atoms with Gasteiger partial charge in [-0.2, -0.15) is 0 Å². The van der Waals surface area contributed by atoms with E-state index in [1.54, 1.807) is 0 Å². The Morgan fingerprint density at radius 2 is 1.39 bits per heavy atom. The summed E-state index contributed by atoms with van der Waals surface area (Å²) >= 11 is 2.06. The monoisotopic (exact) mass is 369 g/mol. The fourth-order valence-corrected chi connectivity index (χ4v) is 2.01. The van der Waals surface area contributed by atoms with Gasteiger partial charge in [0.15, 0.2) is 0 Å². The third kappa shape index (κ3) is 13.7. The van der Waals surface area contributed by atoms with Gasteiger partial charge in [0, 0.05) is 13.0 Å². The van der Waals surface area contributed by atoms with Gasteiger partial charge in [0.05, 0.1) is 4.43 Å². The molecule has 106 valence electrons. The predicted octanol–water partition coefficient (Wildman–Crippen LogP) is 3.13. The highest BCUT2D eigenvalue weighted by molar-refractivity contribution is 14.1. The SMILES string of the molecule is O=C(O)CCCCCCCCCCNC(=O)CI. The number of carbonyl (C=O) groups is 2. The fraction of sp³-hybridized carbons (Fsp3) is 0.846. The molecule has 0 atom stereocenters. The van der Waals surface area contributed by atoms with Crippen LogP contribution in [0, 0.1) is 0 Å². The molecule has 0 aromatic carbocycles. The van der Waals surface area contributed by atoms with Gasteiger partial charge in [-0.25, -0.2) is 0 Å². The molecule has 1 amide bonds. The first-order valence-electron chi connectivity index (χ1n) is 6.71. The molecule has 0 radical (unpaired) electrons. The zero-order valence-electron chi connectivity index (χ0n) is 10.9. The lowest BCUT2D eigenvalue weighted by atomic mass is 10.1. The van der Waals surface area contributed by atoms with Crippen molar-refractivity contribution in [2.75, 3.05) is 11.0 Å². The van der Waals surface area contributed by atoms with Crippen LogP contribution >= 0.6 is 22.6 Å². The summed E-state index contributed by atoms with van der Waals surface area (Å²) in [6.07, 6.45) is 9.11. The average molecular weight is 369 g/mol. The Morgan fingerprint density at radius 1 is 0.889 bits per heavy atom. The molecule has 0 aliphatic heterocycles. The van der Waals surface area contributed by atoms with Crippen LogP contribution in [-0.4, -0.2) is 28.0 Å². The van der Waals surface area contributed by atoms with E-state index >= 15 is 0 Å². The molecule has 0 saturated heterocycles. The van der Waals surface area contributed by atoms with E-state index in [1.165, 1.54) is 19.3 Å². The Balaban J connectivity index is 3.03. The minimum Gasteiger partial charge on any atom is -0.481 e. The van der Waals surface area contributed by atoms with E-state index in [9.17, 15) is 9.59 Å². The van der Waals surface area contributed by atoms with Crippen molar-refractivity contribution in [2.45, 2.75) is 57.8 Å². The number of nitrogens with one attached hydrogen (secondary N) is 1. The highest BCUT2D eigenvalue weighted by Gasteiger charge is 1.97. The zero-order chi connectivity index (χ0) is 13.6. The molecule has 0 aromatic rings. The maximum absolute atomic E-state index is 10.9. The number of amides is 1. The van der Waals surface area contributed by atoms with Crippen molar-refractivity contribution in [2.24, 2.45) is 0 Å². The van der Waals surface area contributed by atoms with E-state index < -0.39 is 5.97 Å². The first-order valence-corrected chi connectivity index (χ1v) is 8.24. The predicted molar refractivity (Wildman–Crippen MR) is 81.1 cm³/mol. The number of carboxylic acid groups (broad SMARTS) is 1. The third-order valence-corrected chi connectivity index (χ3v) is 3.45. The second-order valence-corrected chi connectivity index (χ2v) is 5.22. The number of alkyl halides is 1. The zero-order valence-corrected chi connectivity index (χ0v) is 13.1. The lowest BCUT2D eigenvalue weighted by Gasteiger charge is -2.03. The number of hydrogen-bond acceptors (Lipinski definition) is 2. The summed E-state index contributed by atoms with van der Waals surface area (Å²) in [6.45, 7) is 0.792. The van der Waals surface area contributed by atoms with Gasteiger partial charge >= 0.3 is 5.97 Å². The van der Waals surface area contributed by atoms with Crippen molar-refractivity contribution in [3.05, 3.63) is 0 Å². The van der Waals surface area contributed by atoms with Crippen LogP contribution in [0.25, 0.3) is 0 Å². The molecule has 4 nitrogen and oxygen atoms in total. The number of rotatable bonds is 12. The fourth-order valence-electron chi connectivity index (χ4n) is 1.74. The summed E-state index contributed by atoms with van der Waals surface area (Å²) in [5.74, 6) is -0.572. The molecule has 0 aliphatic carbocycles. The minimum absolute atomic E-state index is 0.119. The maximum atomic E-state index is 10.9. The highest BCUT2D eigenvalue weighted by Crippen LogP contribution is 2.09. The van der Waals surface area contributed by atoms with Crippen LogP contribution in [0.15, 0.2) is 0 Å². The molecule has 0 heterocycles. The number of halogens is 1. The van der Waals surface area contributed by atoms with Gasteiger partial charge in [-0.1, -0.05) is 61.1 Å². The van der Waals surface area contributed by atoms with Gasteiger partial charge in [-0.05, 0) is 12.8 Å². The van der Waals surface area contributed by atoms with Crippen LogP contribution in [0.3, 0.4) is 0 Å². The van der Waals surface area contributed by atoms with Crippen molar-refractivity contribution in [3.63, 3.8) is 0 Å². The summed E-state index contributed by atoms with van der Waals surface area (Å²) in [6, 6.07) is 0. The van der Waals surface area contributed by atoms with Gasteiger partial charge in [0.25, 0.3) is 0 Å². The number of aliphatic carboxylic acids is 1. The van der Waals surface area contributed by atoms with E-state index in [4.69, 9.17) is 5.11 Å². The van der Waals surface area contributed by atoms with Crippen LogP contribution in [0.5, 0.6) is 0 Å². The Labute approximate surface area is 123 Å². The molecule has 0 fully saturated rings. The van der Waals surface area contributed by atoms with Crippen molar-refractivity contribution in [1.82, 2.24) is 5.32 Å². The van der Waals surface area contributed by atoms with Gasteiger partial charge in [0.1, 0.15) is 0 Å². The van der Waals surface area contributed by atoms with E-state index in [0.717, 1.165) is 38.6 Å². The first kappa shape index (κ1) is 17.7. The summed E-state index contributed by atoms with van der Waals surface area (Å²) in [4.78, 5) is 21.2. The Morgan fingerprint density at radius 3 is 1.89 bits per heavy atom. The van der Waals surface area contributed by atoms with E-state index in [1.807, 2.05) is 0 Å². The quantitative estimate of drug-likeness (QED) is 0.316. The molecular weight excluding hydrogens is 345 g/mol. The Kier molecular flexibility index (Phi) is 12.9. The molecular formula is C13H24INO3. The lowest BCUT2D eigenvalue weighted by Crippen LogP contribution is -2.25. The molecule has 0 rings (SSSR count). The summed E-state index contributed by atoms with van der Waals surface area (Å²) in [7, 11) is 0. The van der Waals surface area contributed by atoms with Crippen LogP contribution in [0.4, 0.5) is 0 Å². The first-order chi connectivity index (χ1) is 8.66. The topological polar surface area (TPSA) is 66.4 Å². The van der Waals surface area contributed by atoms with Gasteiger partial charge < -0.3 is 10.4 Å². The molecule has 2 N–H and O–H groups in total. The van der Waals surface area contributed by atoms with Crippen molar-refractivity contribution in [3.8, 4) is 0 Å². The molecule has 0 aromatic heterocycles. The number of unbranched alkanes of at least 4 members (excludes halogenated alkanes) is 7. The average Bonchev–Trinajstić information content (AvgIpc) is 2.35. The van der Waals surface area contributed by atoms with E-state index in [2.05, 4.69) is 27.9 Å². The van der Waals surface area contributed by atoms with Crippen molar-refractivity contribution >= 4 is 34.5 Å². The smallest absolute Gasteiger partial charge is 0.303 e. The second-order valence-electron chi connectivity index (χ2n) is 4.46. The number of carboxylic acids is 1. The van der Waals surface area contributed by atoms with E-state index in [0.29, 0.717) is 10.8 Å². The molecule has 0 saturated carbocycles. The summed E-state index contributed by atoms with van der Waals surface area (Å²) in [5, 5.41) is 11.3. The van der Waals surface area contributed by atoms with Crippen LogP contribution < -0.4 is 5.32 Å². The van der Waals surface area contributed by atoms with Gasteiger partial charge in [0.2, 0.25) is 5.91 Å². The molecule has 0 unspecified atom stereocenters. The molecule has 0 spiro atoms. The van der Waals surface area contributed by atoms with Crippen molar-refractivity contribution < 1.29 is 14.7 Å². The largest absolute Gasteiger partial charge is 0.481 e. The van der Waals surface area contributed by atoms with Crippen LogP contribution in [-0.2, 0) is 9.59 Å². The third-order valence-electron chi connectivity index (χ3n) is 2.76. The molecule has 0 bridgehead atoms. The molecule has 0 aliphatic rings. The van der Waals surface area contributed by atoms with E-state index in [-0.39, 0.29) is 5.91 Å². The minimum atomic E-state index is -0.691. The standard InChI is InChI=1S/C13H24INO3/c14-11-12(16)15-10-8-6-4-2-1-3-5-7-9-13(17)18/h1-11H2,(H,15,16)(H,17,18). The number of hydrogen-bond donors (Lipinski definition) is 2. The Bertz CT molecular complexity index is 234. The van der Waals surface area contributed by atoms with Gasteiger partial charge in [-0.15, -0.1) is 0 Å². The van der Waals surface area contributed by atoms with Crippen LogP contribution in [0.2, 0.25) is 0 Å². The normalized spacial score (nSPS) is 10.3. The molecule has 5 heteroatoms. The second kappa shape index (κ2) is 13.1. The Hall–Kier alpha value is -0.330. The summed E-state index contributed by atoms with van der Waals surface area (Å²) in [5.41, 5.74) is 0. The van der Waals surface area contributed by atoms with Crippen molar-refractivity contribution in [1.29, 1.82) is 0 Å². The maximum Gasteiger partial charge on any atom is 0.303 e. The summed E-state index contributed by atoms with van der Waals surface area (Å²) < 4.78 is 0.536.